The summed E-state index contributed by atoms with van der Waals surface area (Å²) in [5.74, 6) is -2.41. The highest BCUT2D eigenvalue weighted by molar-refractivity contribution is 6.07. The Morgan fingerprint density at radius 1 is 1.11 bits per heavy atom. The van der Waals surface area contributed by atoms with Gasteiger partial charge in [-0.15, -0.1) is 0 Å². The fourth-order valence-electron chi connectivity index (χ4n) is 1.54. The molecule has 0 unspecified atom stereocenters. The first-order chi connectivity index (χ1) is 8.50. The SMILES string of the molecule is Cc1nccc(C(=O)c2ccc(C)c(F)c2F)n1. The highest BCUT2D eigenvalue weighted by Gasteiger charge is 2.19. The van der Waals surface area contributed by atoms with E-state index in [0.717, 1.165) is 0 Å². The van der Waals surface area contributed by atoms with Crippen LogP contribution in [0.15, 0.2) is 24.4 Å². The van der Waals surface area contributed by atoms with Crippen molar-refractivity contribution in [2.45, 2.75) is 13.8 Å². The average Bonchev–Trinajstić information content (AvgIpc) is 2.35. The maximum Gasteiger partial charge on any atom is 0.214 e. The molecular weight excluding hydrogens is 238 g/mol. The zero-order chi connectivity index (χ0) is 13.3. The van der Waals surface area contributed by atoms with Crippen LogP contribution in [-0.2, 0) is 0 Å². The van der Waals surface area contributed by atoms with Crippen molar-refractivity contribution < 1.29 is 13.6 Å². The first kappa shape index (κ1) is 12.3. The minimum atomic E-state index is -1.14. The number of rotatable bonds is 2. The summed E-state index contributed by atoms with van der Waals surface area (Å²) < 4.78 is 27.0. The third-order valence-electron chi connectivity index (χ3n) is 2.53. The second-order valence-corrected chi connectivity index (χ2v) is 3.88. The molecule has 1 heterocycles. The number of benzene rings is 1. The maximum absolute atomic E-state index is 13.7. The van der Waals surface area contributed by atoms with Gasteiger partial charge in [0.05, 0.1) is 5.56 Å². The lowest BCUT2D eigenvalue weighted by Crippen LogP contribution is -2.09. The molecule has 0 bridgehead atoms. The van der Waals surface area contributed by atoms with E-state index in [1.54, 1.807) is 6.92 Å². The zero-order valence-corrected chi connectivity index (χ0v) is 9.87. The molecule has 92 valence electrons. The van der Waals surface area contributed by atoms with Crippen molar-refractivity contribution in [3.05, 3.63) is 58.7 Å². The van der Waals surface area contributed by atoms with E-state index in [4.69, 9.17) is 0 Å². The highest BCUT2D eigenvalue weighted by Crippen LogP contribution is 2.18. The molecule has 0 radical (unpaired) electrons. The summed E-state index contributed by atoms with van der Waals surface area (Å²) in [4.78, 5) is 19.7. The molecule has 3 nitrogen and oxygen atoms in total. The monoisotopic (exact) mass is 248 g/mol. The van der Waals surface area contributed by atoms with Crippen LogP contribution in [-0.4, -0.2) is 15.8 Å². The Hall–Kier alpha value is -2.17. The molecule has 0 saturated heterocycles. The van der Waals surface area contributed by atoms with Crippen molar-refractivity contribution in [3.63, 3.8) is 0 Å². The molecular formula is C13H10F2N2O. The summed E-state index contributed by atoms with van der Waals surface area (Å²) in [6, 6.07) is 3.99. The normalized spacial score (nSPS) is 10.4. The molecule has 2 aromatic rings. The number of hydrogen-bond donors (Lipinski definition) is 0. The summed E-state index contributed by atoms with van der Waals surface area (Å²) in [7, 11) is 0. The molecule has 18 heavy (non-hydrogen) atoms. The fraction of sp³-hybridized carbons (Fsp3) is 0.154. The van der Waals surface area contributed by atoms with E-state index in [-0.39, 0.29) is 16.8 Å². The molecule has 2 rings (SSSR count). The van der Waals surface area contributed by atoms with Gasteiger partial charge in [-0.3, -0.25) is 4.79 Å². The molecule has 0 fully saturated rings. The Morgan fingerprint density at radius 3 is 2.50 bits per heavy atom. The summed E-state index contributed by atoms with van der Waals surface area (Å²) in [5, 5.41) is 0. The second-order valence-electron chi connectivity index (χ2n) is 3.88. The van der Waals surface area contributed by atoms with E-state index >= 15 is 0 Å². The van der Waals surface area contributed by atoms with Crippen molar-refractivity contribution in [2.75, 3.05) is 0 Å². The van der Waals surface area contributed by atoms with Gasteiger partial charge in [0.25, 0.3) is 0 Å². The Morgan fingerprint density at radius 2 is 1.83 bits per heavy atom. The van der Waals surface area contributed by atoms with Crippen molar-refractivity contribution in [2.24, 2.45) is 0 Å². The predicted octanol–water partition coefficient (Wildman–Crippen LogP) is 2.60. The van der Waals surface area contributed by atoms with Crippen LogP contribution in [0.25, 0.3) is 0 Å². The number of carbonyl (C=O) groups excluding carboxylic acids is 1. The lowest BCUT2D eigenvalue weighted by Gasteiger charge is -2.05. The van der Waals surface area contributed by atoms with Crippen molar-refractivity contribution in [1.82, 2.24) is 9.97 Å². The average molecular weight is 248 g/mol. The smallest absolute Gasteiger partial charge is 0.214 e. The molecule has 0 saturated carbocycles. The van der Waals surface area contributed by atoms with Crippen LogP contribution < -0.4 is 0 Å². The Bertz CT molecular complexity index is 626. The number of halogens is 2. The quantitative estimate of drug-likeness (QED) is 0.767. The second kappa shape index (κ2) is 4.60. The van der Waals surface area contributed by atoms with Crippen LogP contribution in [0.3, 0.4) is 0 Å². The standard InChI is InChI=1S/C13H10F2N2O/c1-7-3-4-9(12(15)11(7)14)13(18)10-5-6-16-8(2)17-10/h3-6H,1-2H3. The Balaban J connectivity index is 2.50. The van der Waals surface area contributed by atoms with Crippen LogP contribution in [0.4, 0.5) is 8.78 Å². The number of aromatic nitrogens is 2. The summed E-state index contributed by atoms with van der Waals surface area (Å²) in [6.07, 6.45) is 1.40. The van der Waals surface area contributed by atoms with Gasteiger partial charge >= 0.3 is 0 Å². The van der Waals surface area contributed by atoms with Gasteiger partial charge in [0.1, 0.15) is 11.5 Å². The van der Waals surface area contributed by atoms with Crippen LogP contribution in [0.1, 0.15) is 27.4 Å². The molecule has 0 spiro atoms. The molecule has 1 aromatic carbocycles. The third-order valence-corrected chi connectivity index (χ3v) is 2.53. The minimum absolute atomic E-state index is 0.0460. The van der Waals surface area contributed by atoms with Gasteiger partial charge < -0.3 is 0 Å². The summed E-state index contributed by atoms with van der Waals surface area (Å²) >= 11 is 0. The van der Waals surface area contributed by atoms with E-state index in [0.29, 0.717) is 5.82 Å². The van der Waals surface area contributed by atoms with Crippen LogP contribution in [0.5, 0.6) is 0 Å². The molecule has 0 amide bonds. The first-order valence-electron chi connectivity index (χ1n) is 5.29. The fourth-order valence-corrected chi connectivity index (χ4v) is 1.54. The van der Waals surface area contributed by atoms with Gasteiger partial charge in [0, 0.05) is 6.20 Å². The van der Waals surface area contributed by atoms with Crippen molar-refractivity contribution in [1.29, 1.82) is 0 Å². The number of hydrogen-bond acceptors (Lipinski definition) is 3. The van der Waals surface area contributed by atoms with Gasteiger partial charge in [-0.05, 0) is 31.5 Å². The minimum Gasteiger partial charge on any atom is -0.287 e. The van der Waals surface area contributed by atoms with Crippen molar-refractivity contribution in [3.8, 4) is 0 Å². The molecule has 0 aliphatic heterocycles. The first-order valence-corrected chi connectivity index (χ1v) is 5.29. The number of aryl methyl sites for hydroxylation is 2. The van der Waals surface area contributed by atoms with Gasteiger partial charge in [-0.1, -0.05) is 6.07 Å². The number of carbonyl (C=O) groups is 1. The van der Waals surface area contributed by atoms with Crippen LogP contribution in [0, 0.1) is 25.5 Å². The molecule has 0 N–H and O–H groups in total. The van der Waals surface area contributed by atoms with Gasteiger partial charge in [-0.25, -0.2) is 18.7 Å². The zero-order valence-electron chi connectivity index (χ0n) is 9.87. The molecule has 0 aliphatic rings. The predicted molar refractivity (Wildman–Crippen MR) is 61.3 cm³/mol. The van der Waals surface area contributed by atoms with E-state index in [1.807, 2.05) is 0 Å². The lowest BCUT2D eigenvalue weighted by molar-refractivity contribution is 0.102. The topological polar surface area (TPSA) is 42.9 Å². The van der Waals surface area contributed by atoms with Crippen molar-refractivity contribution >= 4 is 5.78 Å². The number of nitrogens with zero attached hydrogens (tertiary/aromatic N) is 2. The highest BCUT2D eigenvalue weighted by atomic mass is 19.2. The van der Waals surface area contributed by atoms with Gasteiger partial charge in [-0.2, -0.15) is 0 Å². The molecule has 0 aliphatic carbocycles. The molecule has 1 aromatic heterocycles. The van der Waals surface area contributed by atoms with E-state index < -0.39 is 17.4 Å². The summed E-state index contributed by atoms with van der Waals surface area (Å²) in [6.45, 7) is 3.05. The Labute approximate surface area is 103 Å². The Kier molecular flexibility index (Phi) is 3.14. The molecule has 5 heteroatoms. The van der Waals surface area contributed by atoms with Crippen LogP contribution in [0.2, 0.25) is 0 Å². The summed E-state index contributed by atoms with van der Waals surface area (Å²) in [5.41, 5.74) is -0.122. The van der Waals surface area contributed by atoms with Gasteiger partial charge in [0.2, 0.25) is 5.78 Å². The molecule has 0 atom stereocenters. The number of ketones is 1. The third kappa shape index (κ3) is 2.11. The van der Waals surface area contributed by atoms with E-state index in [2.05, 4.69) is 9.97 Å². The largest absolute Gasteiger partial charge is 0.287 e. The maximum atomic E-state index is 13.7. The van der Waals surface area contributed by atoms with E-state index in [9.17, 15) is 13.6 Å². The van der Waals surface area contributed by atoms with E-state index in [1.165, 1.54) is 31.3 Å². The lowest BCUT2D eigenvalue weighted by atomic mass is 10.0. The van der Waals surface area contributed by atoms with Gasteiger partial charge in [0.15, 0.2) is 11.6 Å². The van der Waals surface area contributed by atoms with Crippen LogP contribution >= 0.6 is 0 Å².